The fourth-order valence-corrected chi connectivity index (χ4v) is 11.7. The SMILES string of the molecule is C#CCc1c(C2=C(C)C(C)(C)c3ccc(N(c4ccc5c(c4)C(C)(C)c4ccccc4-5)c4ccc5c6ccccc6c6ccccc6c5c4)cc32)sc2ccccc12. The lowest BCUT2D eigenvalue weighted by Crippen LogP contribution is -2.17. The van der Waals surface area contributed by atoms with Crippen molar-refractivity contribution in [1.29, 1.82) is 0 Å². The molecule has 1 nitrogen and oxygen atoms in total. The Hall–Kier alpha value is -6.40. The maximum Gasteiger partial charge on any atom is 0.0468 e. The third-order valence-electron chi connectivity index (χ3n) is 13.5. The zero-order chi connectivity index (χ0) is 39.5. The van der Waals surface area contributed by atoms with Gasteiger partial charge in [-0.15, -0.1) is 23.7 Å². The number of fused-ring (bicyclic) bond motifs is 11. The molecule has 0 unspecified atom stereocenters. The van der Waals surface area contributed by atoms with Gasteiger partial charge < -0.3 is 4.90 Å². The third kappa shape index (κ3) is 4.84. The van der Waals surface area contributed by atoms with E-state index in [-0.39, 0.29) is 10.8 Å². The quantitative estimate of drug-likeness (QED) is 0.125. The molecule has 1 aromatic heterocycles. The molecule has 0 spiro atoms. The standard InChI is InChI=1S/C56H43NS/c1-7-16-46-45-22-13-15-24-52(45)58-54(46)53-34(2)55(3,4)50-30-27-36(32-48(50)53)57(37-26-29-44-43-21-12-14-23-49(43)56(5,6)51(44)33-37)35-25-28-42-40-19-9-8-17-38(40)39-18-10-11-20-41(39)47(42)31-35/h1,8-15,17-33H,16H2,2-6H3. The summed E-state index contributed by atoms with van der Waals surface area (Å²) >= 11 is 1.88. The number of allylic oxidation sites excluding steroid dienone is 1. The van der Waals surface area contributed by atoms with Crippen LogP contribution in [-0.2, 0) is 17.3 Å². The molecule has 0 atom stereocenters. The molecule has 0 N–H and O–H groups in total. The van der Waals surface area contributed by atoms with Crippen LogP contribution in [-0.4, -0.2) is 0 Å². The lowest BCUT2D eigenvalue weighted by molar-refractivity contribution is 0.639. The van der Waals surface area contributed by atoms with Crippen LogP contribution in [0.1, 0.15) is 67.3 Å². The minimum atomic E-state index is -0.135. The number of rotatable bonds is 5. The van der Waals surface area contributed by atoms with Crippen molar-refractivity contribution < 1.29 is 0 Å². The smallest absolute Gasteiger partial charge is 0.0468 e. The first kappa shape index (κ1) is 34.8. The van der Waals surface area contributed by atoms with Gasteiger partial charge in [0.15, 0.2) is 0 Å². The minimum Gasteiger partial charge on any atom is -0.310 e. The van der Waals surface area contributed by atoms with Crippen LogP contribution in [0, 0.1) is 12.3 Å². The highest BCUT2D eigenvalue weighted by molar-refractivity contribution is 7.20. The van der Waals surface area contributed by atoms with Crippen LogP contribution in [0.15, 0.2) is 157 Å². The van der Waals surface area contributed by atoms with Gasteiger partial charge in [0, 0.05) is 43.9 Å². The van der Waals surface area contributed by atoms with E-state index >= 15 is 0 Å². The molecule has 2 aliphatic carbocycles. The van der Waals surface area contributed by atoms with Gasteiger partial charge in [-0.2, -0.15) is 0 Å². The number of hydrogen-bond donors (Lipinski definition) is 0. The molecule has 0 radical (unpaired) electrons. The molecule has 58 heavy (non-hydrogen) atoms. The minimum absolute atomic E-state index is 0.129. The van der Waals surface area contributed by atoms with Crippen LogP contribution in [0.3, 0.4) is 0 Å². The summed E-state index contributed by atoms with van der Waals surface area (Å²) in [7, 11) is 0. The molecule has 278 valence electrons. The Labute approximate surface area is 344 Å². The number of anilines is 3. The first-order valence-corrected chi connectivity index (χ1v) is 21.2. The van der Waals surface area contributed by atoms with Crippen molar-refractivity contribution >= 4 is 76.4 Å². The van der Waals surface area contributed by atoms with Crippen molar-refractivity contribution in [3.63, 3.8) is 0 Å². The van der Waals surface area contributed by atoms with Gasteiger partial charge in [-0.3, -0.25) is 0 Å². The number of thiophene rings is 1. The highest BCUT2D eigenvalue weighted by atomic mass is 32.1. The van der Waals surface area contributed by atoms with E-state index in [0.29, 0.717) is 6.42 Å². The second kappa shape index (κ2) is 12.5. The van der Waals surface area contributed by atoms with Gasteiger partial charge in [0.1, 0.15) is 0 Å². The first-order chi connectivity index (χ1) is 28.2. The summed E-state index contributed by atoms with van der Waals surface area (Å²) < 4.78 is 1.28. The molecule has 2 heteroatoms. The van der Waals surface area contributed by atoms with Crippen molar-refractivity contribution in [3.8, 4) is 23.5 Å². The van der Waals surface area contributed by atoms with E-state index < -0.39 is 0 Å². The summed E-state index contributed by atoms with van der Waals surface area (Å²) in [6, 6.07) is 56.8. The van der Waals surface area contributed by atoms with E-state index in [1.807, 2.05) is 11.3 Å². The average Bonchev–Trinajstić information content (AvgIpc) is 3.79. The van der Waals surface area contributed by atoms with Crippen LogP contribution in [0.4, 0.5) is 17.1 Å². The van der Waals surface area contributed by atoms with E-state index in [1.165, 1.54) is 97.4 Å². The Morgan fingerprint density at radius 1 is 0.500 bits per heavy atom. The van der Waals surface area contributed by atoms with Gasteiger partial charge in [0.25, 0.3) is 0 Å². The van der Waals surface area contributed by atoms with Crippen LogP contribution in [0.2, 0.25) is 0 Å². The molecule has 0 saturated carbocycles. The van der Waals surface area contributed by atoms with Gasteiger partial charge in [0.2, 0.25) is 0 Å². The number of terminal acetylenes is 1. The molecular weight excluding hydrogens is 719 g/mol. The van der Waals surface area contributed by atoms with Crippen molar-refractivity contribution in [2.75, 3.05) is 4.90 Å². The molecule has 0 amide bonds. The van der Waals surface area contributed by atoms with Crippen molar-refractivity contribution in [2.24, 2.45) is 0 Å². The molecule has 2 aliphatic rings. The summed E-state index contributed by atoms with van der Waals surface area (Å²) in [6.07, 6.45) is 6.68. The first-order valence-electron chi connectivity index (χ1n) is 20.3. The average molecular weight is 762 g/mol. The predicted octanol–water partition coefficient (Wildman–Crippen LogP) is 15.4. The summed E-state index contributed by atoms with van der Waals surface area (Å²) in [5.74, 6) is 3.01. The van der Waals surface area contributed by atoms with Crippen molar-refractivity contribution in [2.45, 2.75) is 51.9 Å². The second-order valence-corrected chi connectivity index (χ2v) is 18.3. The van der Waals surface area contributed by atoms with Crippen LogP contribution >= 0.6 is 11.3 Å². The number of nitrogens with zero attached hydrogens (tertiary/aromatic N) is 1. The summed E-state index contributed by atoms with van der Waals surface area (Å²) in [5.41, 5.74) is 15.2. The van der Waals surface area contributed by atoms with Gasteiger partial charge in [-0.25, -0.2) is 0 Å². The topological polar surface area (TPSA) is 3.24 Å². The fourth-order valence-electron chi connectivity index (χ4n) is 10.3. The largest absolute Gasteiger partial charge is 0.310 e. The number of hydrogen-bond acceptors (Lipinski definition) is 2. The monoisotopic (exact) mass is 761 g/mol. The van der Waals surface area contributed by atoms with Crippen LogP contribution < -0.4 is 4.90 Å². The van der Waals surface area contributed by atoms with E-state index in [1.54, 1.807) is 0 Å². The van der Waals surface area contributed by atoms with Gasteiger partial charge in [0.05, 0.1) is 0 Å². The molecule has 0 fully saturated rings. The highest BCUT2D eigenvalue weighted by Crippen LogP contribution is 2.55. The van der Waals surface area contributed by atoms with Crippen LogP contribution in [0.25, 0.3) is 59.1 Å². The zero-order valence-electron chi connectivity index (χ0n) is 33.6. The normalized spacial score (nSPS) is 14.9. The van der Waals surface area contributed by atoms with Gasteiger partial charge in [-0.1, -0.05) is 142 Å². The summed E-state index contributed by atoms with van der Waals surface area (Å²) in [5, 5.41) is 8.91. The molecular formula is C56H43NS. The molecule has 1 heterocycles. The molecule has 0 saturated heterocycles. The van der Waals surface area contributed by atoms with Gasteiger partial charge in [-0.05, 0) is 132 Å². The molecule has 0 aliphatic heterocycles. The Kier molecular flexibility index (Phi) is 7.53. The lowest BCUT2D eigenvalue weighted by atomic mass is 9.82. The Bertz CT molecular complexity index is 3250. The number of benzene rings is 8. The Balaban J connectivity index is 1.17. The van der Waals surface area contributed by atoms with Gasteiger partial charge >= 0.3 is 0 Å². The van der Waals surface area contributed by atoms with E-state index in [2.05, 4.69) is 197 Å². The Morgan fingerprint density at radius 3 is 1.76 bits per heavy atom. The van der Waals surface area contributed by atoms with E-state index in [9.17, 15) is 0 Å². The van der Waals surface area contributed by atoms with Crippen molar-refractivity contribution in [1.82, 2.24) is 0 Å². The summed E-state index contributed by atoms with van der Waals surface area (Å²) in [4.78, 5) is 3.79. The molecule has 8 aromatic carbocycles. The third-order valence-corrected chi connectivity index (χ3v) is 14.8. The lowest BCUT2D eigenvalue weighted by Gasteiger charge is -2.29. The molecule has 0 bridgehead atoms. The fraction of sp³-hybridized carbons (Fsp3) is 0.143. The molecule has 11 rings (SSSR count). The zero-order valence-corrected chi connectivity index (χ0v) is 34.4. The predicted molar refractivity (Wildman–Crippen MR) is 250 cm³/mol. The summed E-state index contributed by atoms with van der Waals surface area (Å²) in [6.45, 7) is 11.8. The molecule has 9 aromatic rings. The maximum atomic E-state index is 6.08. The second-order valence-electron chi connectivity index (χ2n) is 17.2. The van der Waals surface area contributed by atoms with E-state index in [0.717, 1.165) is 17.1 Å². The van der Waals surface area contributed by atoms with Crippen molar-refractivity contribution in [3.05, 3.63) is 190 Å². The highest BCUT2D eigenvalue weighted by Gasteiger charge is 2.39. The van der Waals surface area contributed by atoms with E-state index in [4.69, 9.17) is 6.42 Å². The maximum absolute atomic E-state index is 6.08. The van der Waals surface area contributed by atoms with Crippen LogP contribution in [0.5, 0.6) is 0 Å². The Morgan fingerprint density at radius 2 is 1.03 bits per heavy atom.